The van der Waals surface area contributed by atoms with Crippen molar-refractivity contribution in [2.75, 3.05) is 12.4 Å². The average Bonchev–Trinajstić information content (AvgIpc) is 3.26. The monoisotopic (exact) mass is 433 g/mol. The van der Waals surface area contributed by atoms with Gasteiger partial charge in [-0.3, -0.25) is 14.0 Å². The molecule has 0 fully saturated rings. The van der Waals surface area contributed by atoms with Crippen molar-refractivity contribution >= 4 is 28.0 Å². The number of hydrogen-bond donors (Lipinski definition) is 1. The van der Waals surface area contributed by atoms with E-state index >= 15 is 0 Å². The molecular weight excluding hydrogens is 414 g/mol. The van der Waals surface area contributed by atoms with E-state index < -0.39 is 5.92 Å². The normalized spacial score (nSPS) is 15.4. The van der Waals surface area contributed by atoms with E-state index in [2.05, 4.69) is 10.3 Å². The summed E-state index contributed by atoms with van der Waals surface area (Å²) in [5.41, 5.74) is 2.00. The van der Waals surface area contributed by atoms with E-state index in [0.29, 0.717) is 34.4 Å². The molecule has 1 N–H and O–H groups in total. The minimum Gasteiger partial charge on any atom is -0.493 e. The topological polar surface area (TPSA) is 81.9 Å². The largest absolute Gasteiger partial charge is 0.493 e. The predicted octanol–water partition coefficient (Wildman–Crippen LogP) is 3.82. The highest BCUT2D eigenvalue weighted by Crippen LogP contribution is 2.39. The molecule has 156 valence electrons. The molecule has 3 heterocycles. The van der Waals surface area contributed by atoms with E-state index in [1.54, 1.807) is 17.7 Å². The van der Waals surface area contributed by atoms with Crippen molar-refractivity contribution in [1.29, 1.82) is 0 Å². The Morgan fingerprint density at radius 1 is 1.16 bits per heavy atom. The third-order valence-corrected chi connectivity index (χ3v) is 6.09. The number of benzene rings is 2. The molecule has 0 bridgehead atoms. The van der Waals surface area contributed by atoms with Crippen molar-refractivity contribution in [2.24, 2.45) is 0 Å². The molecule has 7 nitrogen and oxygen atoms in total. The summed E-state index contributed by atoms with van der Waals surface area (Å²) in [5, 5.41) is 4.68. The molecule has 0 unspecified atom stereocenters. The van der Waals surface area contributed by atoms with Gasteiger partial charge in [0, 0.05) is 23.9 Å². The van der Waals surface area contributed by atoms with Gasteiger partial charge >= 0.3 is 0 Å². The molecule has 0 aliphatic carbocycles. The summed E-state index contributed by atoms with van der Waals surface area (Å²) in [7, 11) is 1.57. The Bertz CT molecular complexity index is 1330. The molecule has 1 atom stereocenters. The number of nitrogens with one attached hydrogen (secondary N) is 1. The standard InChI is InChI=1S/C23H19N3O4S/c1-29-18-11-15(7-8-17(18)30-13-14-5-3-2-4-6-14)16-12-19(27)24-21-20(16)22(28)25-23-26(21)9-10-31-23/h2-11,16H,12-13H2,1H3,(H,24,27)/t16-/m0/s1. The van der Waals surface area contributed by atoms with E-state index in [0.717, 1.165) is 11.1 Å². The van der Waals surface area contributed by atoms with Crippen LogP contribution >= 0.6 is 11.3 Å². The van der Waals surface area contributed by atoms with E-state index in [4.69, 9.17) is 9.47 Å². The second-order valence-electron chi connectivity index (χ2n) is 7.22. The summed E-state index contributed by atoms with van der Waals surface area (Å²) in [5.74, 6) is 1.06. The molecule has 1 aliphatic heterocycles. The lowest BCUT2D eigenvalue weighted by atomic mass is 9.86. The number of anilines is 1. The first kappa shape index (κ1) is 19.3. The summed E-state index contributed by atoms with van der Waals surface area (Å²) >= 11 is 1.35. The third kappa shape index (κ3) is 3.55. The number of methoxy groups -OCH3 is 1. The highest BCUT2D eigenvalue weighted by molar-refractivity contribution is 7.15. The smallest absolute Gasteiger partial charge is 0.279 e. The number of hydrogen-bond acceptors (Lipinski definition) is 6. The fraction of sp³-hybridized carbons (Fsp3) is 0.174. The average molecular weight is 433 g/mol. The van der Waals surface area contributed by atoms with Gasteiger partial charge in [-0.25, -0.2) is 0 Å². The van der Waals surface area contributed by atoms with Crippen molar-refractivity contribution in [3.05, 3.63) is 87.2 Å². The quantitative estimate of drug-likeness (QED) is 0.518. The Morgan fingerprint density at radius 2 is 2.00 bits per heavy atom. The molecule has 31 heavy (non-hydrogen) atoms. The van der Waals surface area contributed by atoms with Gasteiger partial charge in [-0.15, -0.1) is 11.3 Å². The van der Waals surface area contributed by atoms with Crippen LogP contribution in [0.5, 0.6) is 11.5 Å². The van der Waals surface area contributed by atoms with Crippen LogP contribution in [0.3, 0.4) is 0 Å². The number of rotatable bonds is 5. The number of nitrogens with zero attached hydrogens (tertiary/aromatic N) is 2. The molecular formula is C23H19N3O4S. The Morgan fingerprint density at radius 3 is 2.81 bits per heavy atom. The minimum absolute atomic E-state index is 0.147. The fourth-order valence-corrected chi connectivity index (χ4v) is 4.56. The number of aromatic nitrogens is 2. The van der Waals surface area contributed by atoms with Crippen molar-refractivity contribution in [1.82, 2.24) is 9.38 Å². The van der Waals surface area contributed by atoms with Gasteiger partial charge in [-0.2, -0.15) is 4.98 Å². The molecule has 0 saturated heterocycles. The van der Waals surface area contributed by atoms with Crippen molar-refractivity contribution in [3.63, 3.8) is 0 Å². The first-order valence-corrected chi connectivity index (χ1v) is 10.7. The van der Waals surface area contributed by atoms with Crippen LogP contribution in [0.2, 0.25) is 0 Å². The van der Waals surface area contributed by atoms with Gasteiger partial charge in [0.15, 0.2) is 16.5 Å². The Labute approximate surface area is 181 Å². The van der Waals surface area contributed by atoms with Gasteiger partial charge in [0.05, 0.1) is 12.7 Å². The molecule has 5 rings (SSSR count). The molecule has 2 aromatic carbocycles. The lowest BCUT2D eigenvalue weighted by Crippen LogP contribution is -2.31. The van der Waals surface area contributed by atoms with Crippen molar-refractivity contribution in [2.45, 2.75) is 18.9 Å². The van der Waals surface area contributed by atoms with Crippen LogP contribution in [0.15, 0.2) is 64.9 Å². The second kappa shape index (κ2) is 7.88. The fourth-order valence-electron chi connectivity index (χ4n) is 3.85. The highest BCUT2D eigenvalue weighted by atomic mass is 32.1. The Balaban J connectivity index is 1.52. The lowest BCUT2D eigenvalue weighted by Gasteiger charge is -2.26. The summed E-state index contributed by atoms with van der Waals surface area (Å²) in [6.45, 7) is 0.409. The van der Waals surface area contributed by atoms with Crippen molar-refractivity contribution in [3.8, 4) is 11.5 Å². The summed E-state index contributed by atoms with van der Waals surface area (Å²) < 4.78 is 13.2. The first-order valence-electron chi connectivity index (χ1n) is 9.78. The zero-order chi connectivity index (χ0) is 21.4. The SMILES string of the molecule is COc1cc([C@@H]2CC(=O)Nc3c2c(=O)nc2sccn32)ccc1OCc1ccccc1. The summed E-state index contributed by atoms with van der Waals surface area (Å²) in [4.78, 5) is 30.0. The van der Waals surface area contributed by atoms with Crippen LogP contribution in [0.25, 0.3) is 4.96 Å². The number of carbonyl (C=O) groups excluding carboxylic acids is 1. The van der Waals surface area contributed by atoms with Gasteiger partial charge in [0.2, 0.25) is 5.91 Å². The molecule has 0 radical (unpaired) electrons. The van der Waals surface area contributed by atoms with Gasteiger partial charge in [-0.1, -0.05) is 36.4 Å². The third-order valence-electron chi connectivity index (χ3n) is 5.34. The van der Waals surface area contributed by atoms with E-state index in [1.807, 2.05) is 53.9 Å². The number of ether oxygens (including phenoxy) is 2. The van der Waals surface area contributed by atoms with Gasteiger partial charge < -0.3 is 14.8 Å². The maximum atomic E-state index is 12.8. The van der Waals surface area contributed by atoms with Gasteiger partial charge in [0.1, 0.15) is 12.4 Å². The van der Waals surface area contributed by atoms with Crippen LogP contribution in [0.4, 0.5) is 5.82 Å². The lowest BCUT2D eigenvalue weighted by molar-refractivity contribution is -0.116. The van der Waals surface area contributed by atoms with E-state index in [-0.39, 0.29) is 17.9 Å². The molecule has 8 heteroatoms. The first-order chi connectivity index (χ1) is 15.1. The zero-order valence-electron chi connectivity index (χ0n) is 16.7. The molecule has 1 amide bonds. The highest BCUT2D eigenvalue weighted by Gasteiger charge is 2.32. The van der Waals surface area contributed by atoms with Crippen LogP contribution in [-0.2, 0) is 11.4 Å². The number of carbonyl (C=O) groups is 1. The maximum absolute atomic E-state index is 12.8. The molecule has 1 aliphatic rings. The van der Waals surface area contributed by atoms with Crippen LogP contribution in [0, 0.1) is 0 Å². The van der Waals surface area contributed by atoms with Crippen LogP contribution in [0.1, 0.15) is 29.0 Å². The molecule has 4 aromatic rings. The van der Waals surface area contributed by atoms with Gasteiger partial charge in [-0.05, 0) is 23.3 Å². The Kier molecular flexibility index (Phi) is 4.91. The summed E-state index contributed by atoms with van der Waals surface area (Å²) in [6.07, 6.45) is 1.96. The van der Waals surface area contributed by atoms with Gasteiger partial charge in [0.25, 0.3) is 5.56 Å². The van der Waals surface area contributed by atoms with E-state index in [9.17, 15) is 9.59 Å². The minimum atomic E-state index is -0.419. The van der Waals surface area contributed by atoms with Crippen molar-refractivity contribution < 1.29 is 14.3 Å². The number of amides is 1. The Hall–Kier alpha value is -3.65. The predicted molar refractivity (Wildman–Crippen MR) is 118 cm³/mol. The number of fused-ring (bicyclic) bond motifs is 3. The van der Waals surface area contributed by atoms with Crippen LogP contribution in [-0.4, -0.2) is 22.4 Å². The number of thiazole rings is 1. The second-order valence-corrected chi connectivity index (χ2v) is 8.10. The molecule has 0 saturated carbocycles. The summed E-state index contributed by atoms with van der Waals surface area (Å²) in [6, 6.07) is 15.4. The molecule has 2 aromatic heterocycles. The van der Waals surface area contributed by atoms with Crippen LogP contribution < -0.4 is 20.3 Å². The van der Waals surface area contributed by atoms with E-state index in [1.165, 1.54) is 11.3 Å². The zero-order valence-corrected chi connectivity index (χ0v) is 17.5. The maximum Gasteiger partial charge on any atom is 0.279 e. The molecule has 0 spiro atoms.